The number of hydrogen-bond acceptors (Lipinski definition) is 2. The molecule has 0 spiro atoms. The minimum absolute atomic E-state index is 0.104. The molecule has 0 fully saturated rings. The third kappa shape index (κ3) is 3.17. The second kappa shape index (κ2) is 6.22. The van der Waals surface area contributed by atoms with Crippen LogP contribution in [-0.4, -0.2) is 6.54 Å². The van der Waals surface area contributed by atoms with Crippen LogP contribution in [0.4, 0.5) is 4.39 Å². The normalized spacial score (nSPS) is 12.6. The molecule has 0 aliphatic heterocycles. The predicted octanol–water partition coefficient (Wildman–Crippen LogP) is 4.80. The van der Waals surface area contributed by atoms with Crippen LogP contribution in [0.2, 0.25) is 5.02 Å². The first kappa shape index (κ1) is 14.1. The van der Waals surface area contributed by atoms with Crippen LogP contribution in [0, 0.1) is 5.82 Å². The molecule has 0 aliphatic rings. The fourth-order valence-electron chi connectivity index (χ4n) is 1.89. The lowest BCUT2D eigenvalue weighted by molar-refractivity contribution is 0.437. The molecule has 1 heterocycles. The lowest BCUT2D eigenvalue weighted by Gasteiger charge is -2.10. The van der Waals surface area contributed by atoms with Crippen molar-refractivity contribution in [1.82, 2.24) is 5.32 Å². The molecule has 2 rings (SSSR count). The molecule has 0 amide bonds. The van der Waals surface area contributed by atoms with Crippen LogP contribution in [-0.2, 0) is 0 Å². The van der Waals surface area contributed by atoms with Gasteiger partial charge < -0.3 is 9.73 Å². The third-order valence-electron chi connectivity index (χ3n) is 2.97. The highest BCUT2D eigenvalue weighted by Gasteiger charge is 2.14. The van der Waals surface area contributed by atoms with E-state index in [4.69, 9.17) is 16.0 Å². The predicted molar refractivity (Wildman–Crippen MR) is 75.8 cm³/mol. The molecule has 19 heavy (non-hydrogen) atoms. The van der Waals surface area contributed by atoms with Crippen LogP contribution in [0.25, 0.3) is 11.3 Å². The Morgan fingerprint density at radius 3 is 2.84 bits per heavy atom. The number of nitrogens with one attached hydrogen (secondary N) is 1. The Kier molecular flexibility index (Phi) is 4.61. The molecule has 4 heteroatoms. The molecule has 0 saturated carbocycles. The Balaban J connectivity index is 2.23. The van der Waals surface area contributed by atoms with E-state index in [9.17, 15) is 4.39 Å². The van der Waals surface area contributed by atoms with E-state index in [0.717, 1.165) is 18.7 Å². The van der Waals surface area contributed by atoms with Crippen molar-refractivity contribution in [3.8, 4) is 11.3 Å². The van der Waals surface area contributed by atoms with Crippen molar-refractivity contribution in [2.24, 2.45) is 0 Å². The Labute approximate surface area is 117 Å². The Bertz CT molecular complexity index is 553. The second-order valence-corrected chi connectivity index (χ2v) is 4.89. The number of halogens is 2. The largest absolute Gasteiger partial charge is 0.459 e. The molecule has 2 aromatic rings. The number of furan rings is 1. The van der Waals surface area contributed by atoms with Crippen LogP contribution in [0.1, 0.15) is 32.1 Å². The van der Waals surface area contributed by atoms with Gasteiger partial charge in [-0.25, -0.2) is 4.39 Å². The van der Waals surface area contributed by atoms with E-state index in [1.807, 2.05) is 13.0 Å². The average Bonchev–Trinajstić information content (AvgIpc) is 2.88. The maximum atomic E-state index is 13.9. The zero-order valence-electron chi connectivity index (χ0n) is 11.0. The van der Waals surface area contributed by atoms with Crippen molar-refractivity contribution in [3.63, 3.8) is 0 Å². The maximum Gasteiger partial charge on any atom is 0.152 e. The molecule has 0 radical (unpaired) electrons. The summed E-state index contributed by atoms with van der Waals surface area (Å²) in [7, 11) is 0. The number of hydrogen-bond donors (Lipinski definition) is 1. The zero-order chi connectivity index (χ0) is 13.8. The molecule has 1 aromatic carbocycles. The van der Waals surface area contributed by atoms with Gasteiger partial charge in [0.1, 0.15) is 11.5 Å². The van der Waals surface area contributed by atoms with Gasteiger partial charge in [0, 0.05) is 0 Å². The highest BCUT2D eigenvalue weighted by Crippen LogP contribution is 2.30. The molecular formula is C15H17ClFNO. The molecule has 1 aromatic heterocycles. The summed E-state index contributed by atoms with van der Waals surface area (Å²) in [5.41, 5.74) is 0.390. The summed E-state index contributed by atoms with van der Waals surface area (Å²) in [6, 6.07) is 8.64. The second-order valence-electron chi connectivity index (χ2n) is 4.48. The fraction of sp³-hybridized carbons (Fsp3) is 0.333. The smallest absolute Gasteiger partial charge is 0.152 e. The Hall–Kier alpha value is -1.32. The van der Waals surface area contributed by atoms with Crippen LogP contribution < -0.4 is 5.32 Å². The van der Waals surface area contributed by atoms with Crippen LogP contribution >= 0.6 is 11.6 Å². The van der Waals surface area contributed by atoms with Gasteiger partial charge in [-0.15, -0.1) is 0 Å². The molecular weight excluding hydrogens is 265 g/mol. The van der Waals surface area contributed by atoms with Gasteiger partial charge in [0.15, 0.2) is 5.82 Å². The molecule has 0 bridgehead atoms. The van der Waals surface area contributed by atoms with Crippen molar-refractivity contribution >= 4 is 11.6 Å². The minimum atomic E-state index is -0.445. The van der Waals surface area contributed by atoms with Gasteiger partial charge in [-0.1, -0.05) is 24.6 Å². The van der Waals surface area contributed by atoms with Crippen molar-refractivity contribution < 1.29 is 8.81 Å². The summed E-state index contributed by atoms with van der Waals surface area (Å²) in [5.74, 6) is 0.849. The van der Waals surface area contributed by atoms with Gasteiger partial charge in [-0.2, -0.15) is 0 Å². The van der Waals surface area contributed by atoms with E-state index in [0.29, 0.717) is 11.3 Å². The molecule has 1 unspecified atom stereocenters. The molecule has 102 valence electrons. The van der Waals surface area contributed by atoms with Crippen molar-refractivity contribution in [3.05, 3.63) is 46.9 Å². The van der Waals surface area contributed by atoms with Gasteiger partial charge in [0.2, 0.25) is 0 Å². The maximum absolute atomic E-state index is 13.9. The fourth-order valence-corrected chi connectivity index (χ4v) is 2.06. The monoisotopic (exact) mass is 281 g/mol. The number of rotatable bonds is 5. The molecule has 0 aliphatic carbocycles. The first-order valence-corrected chi connectivity index (χ1v) is 6.78. The van der Waals surface area contributed by atoms with Gasteiger partial charge in [-0.05, 0) is 44.2 Å². The first-order valence-electron chi connectivity index (χ1n) is 6.41. The quantitative estimate of drug-likeness (QED) is 0.851. The topological polar surface area (TPSA) is 25.2 Å². The SMILES string of the molecule is CCCNC(C)c1ccc(-c2cccc(Cl)c2F)o1. The highest BCUT2D eigenvalue weighted by molar-refractivity contribution is 6.31. The molecule has 0 saturated heterocycles. The van der Waals surface area contributed by atoms with E-state index in [1.54, 1.807) is 18.2 Å². The first-order chi connectivity index (χ1) is 9.13. The van der Waals surface area contributed by atoms with Gasteiger partial charge in [0.25, 0.3) is 0 Å². The zero-order valence-corrected chi connectivity index (χ0v) is 11.8. The standard InChI is InChI=1S/C15H17ClFNO/c1-3-9-18-10(2)13-7-8-14(19-13)11-5-4-6-12(16)15(11)17/h4-8,10,18H,3,9H2,1-2H3. The molecule has 2 nitrogen and oxygen atoms in total. The average molecular weight is 282 g/mol. The van der Waals surface area contributed by atoms with E-state index in [-0.39, 0.29) is 11.1 Å². The minimum Gasteiger partial charge on any atom is -0.459 e. The lowest BCUT2D eigenvalue weighted by atomic mass is 10.1. The number of benzene rings is 1. The van der Waals surface area contributed by atoms with Crippen LogP contribution in [0.3, 0.4) is 0 Å². The van der Waals surface area contributed by atoms with Gasteiger partial charge >= 0.3 is 0 Å². The summed E-state index contributed by atoms with van der Waals surface area (Å²) in [6.07, 6.45) is 1.06. The van der Waals surface area contributed by atoms with E-state index < -0.39 is 5.82 Å². The summed E-state index contributed by atoms with van der Waals surface area (Å²) in [5, 5.41) is 3.43. The summed E-state index contributed by atoms with van der Waals surface area (Å²) < 4.78 is 19.6. The van der Waals surface area contributed by atoms with E-state index in [2.05, 4.69) is 12.2 Å². The molecule has 1 atom stereocenters. The summed E-state index contributed by atoms with van der Waals surface area (Å²) in [6.45, 7) is 5.05. The van der Waals surface area contributed by atoms with Crippen molar-refractivity contribution in [2.45, 2.75) is 26.3 Å². The molecule has 1 N–H and O–H groups in total. The van der Waals surface area contributed by atoms with E-state index >= 15 is 0 Å². The Morgan fingerprint density at radius 2 is 2.11 bits per heavy atom. The Morgan fingerprint density at radius 1 is 1.32 bits per heavy atom. The lowest BCUT2D eigenvalue weighted by Crippen LogP contribution is -2.18. The van der Waals surface area contributed by atoms with E-state index in [1.165, 1.54) is 6.07 Å². The van der Waals surface area contributed by atoms with Crippen LogP contribution in [0.15, 0.2) is 34.7 Å². The summed E-state index contributed by atoms with van der Waals surface area (Å²) in [4.78, 5) is 0. The summed E-state index contributed by atoms with van der Waals surface area (Å²) >= 11 is 5.77. The highest BCUT2D eigenvalue weighted by atomic mass is 35.5. The van der Waals surface area contributed by atoms with Crippen molar-refractivity contribution in [2.75, 3.05) is 6.54 Å². The third-order valence-corrected chi connectivity index (χ3v) is 3.26. The van der Waals surface area contributed by atoms with Crippen molar-refractivity contribution in [1.29, 1.82) is 0 Å². The van der Waals surface area contributed by atoms with Gasteiger partial charge in [0.05, 0.1) is 16.6 Å². The van der Waals surface area contributed by atoms with Crippen LogP contribution in [0.5, 0.6) is 0 Å². The van der Waals surface area contributed by atoms with Gasteiger partial charge in [-0.3, -0.25) is 0 Å².